The van der Waals surface area contributed by atoms with Crippen molar-refractivity contribution >= 4 is 34.5 Å². The standard InChI is InChI=1S/C35H36N3O4.C9H8O2.Np/c1-4-5-8-19-36-34(39)26-21-23(2)32(24(3)22-26)30-17-10-16-29-28(33(35(40)41)37-38(29)30)15-11-20-42-31-18-9-13-25-12-6-7-14-27(25)31;1-7(11)9-5-3-2-4-8(9)6-10;/h6-7,9-10,12-14,16-18,21-22H,1,4-5,8,11,15,19-20H2,2-3H3,(H,36,39)(H,40,41);2-5,11H,1H3;/q-1;-2;. The number of aromatic nitrogens is 2. The van der Waals surface area contributed by atoms with Gasteiger partial charge in [0.1, 0.15) is 5.75 Å². The summed E-state index contributed by atoms with van der Waals surface area (Å²) in [7, 11) is 0. The first kappa shape index (κ1) is 41.8. The summed E-state index contributed by atoms with van der Waals surface area (Å²) >= 11 is 0. The number of carboxylic acids is 1. The van der Waals surface area contributed by atoms with Gasteiger partial charge >= 0.3 is 5.97 Å². The Bertz CT molecular complexity index is 2200. The average molecular weight is 948 g/mol. The number of benzene rings is 4. The number of hydrogen-bond donors (Lipinski definition) is 3. The maximum absolute atomic E-state index is 12.8. The molecule has 4 aromatic carbocycles. The summed E-state index contributed by atoms with van der Waals surface area (Å²) in [5, 5.41) is 28.8. The second-order valence-corrected chi connectivity index (χ2v) is 12.8. The molecule has 54 heavy (non-hydrogen) atoms. The number of ether oxygens (including phenoxy) is 1. The summed E-state index contributed by atoms with van der Waals surface area (Å²) in [5.41, 5.74) is 6.57. The van der Waals surface area contributed by atoms with Crippen molar-refractivity contribution in [2.45, 2.75) is 52.9 Å². The van der Waals surface area contributed by atoms with Gasteiger partial charge in [0.05, 0.1) is 17.8 Å². The predicted octanol–water partition coefficient (Wildman–Crippen LogP) is 8.63. The third-order valence-corrected chi connectivity index (χ3v) is 8.98. The molecule has 1 amide bonds. The van der Waals surface area contributed by atoms with Crippen molar-refractivity contribution < 1.29 is 59.3 Å². The van der Waals surface area contributed by atoms with Crippen LogP contribution in [0.5, 0.6) is 5.75 Å². The molecule has 3 N–H and O–H groups in total. The zero-order valence-corrected chi connectivity index (χ0v) is 34.5. The van der Waals surface area contributed by atoms with Gasteiger partial charge < -0.3 is 32.0 Å². The molecular formula is C44H44N3NpO6-3. The SMILES string of the molecule is C[C-](O)c1ccccc1[C-]=O.[CH2-]CCCCNC(=O)c1cc(C)c(-c2cccc3c(CCCOc4cccc5ccccc45)c(C(=O)O)nn23)c(C)c1.[Np]. The van der Waals surface area contributed by atoms with Crippen molar-refractivity contribution in [2.75, 3.05) is 13.2 Å². The van der Waals surface area contributed by atoms with E-state index in [0.29, 0.717) is 48.2 Å². The Kier molecular flexibility index (Phi) is 15.5. The van der Waals surface area contributed by atoms with Gasteiger partial charge in [0.25, 0.3) is 5.91 Å². The summed E-state index contributed by atoms with van der Waals surface area (Å²) in [6.45, 7) is 10.4. The molecule has 2 heterocycles. The number of fused-ring (bicyclic) bond motifs is 2. The Morgan fingerprint density at radius 2 is 1.61 bits per heavy atom. The Balaban J connectivity index is 0.000000466. The van der Waals surface area contributed by atoms with Crippen LogP contribution >= 0.6 is 0 Å². The smallest absolute Gasteiger partial charge is 0.356 e. The second kappa shape index (κ2) is 20.0. The molecule has 0 aliphatic carbocycles. The van der Waals surface area contributed by atoms with Crippen LogP contribution in [0.4, 0.5) is 0 Å². The number of carbonyl (C=O) groups excluding carboxylic acids is 2. The van der Waals surface area contributed by atoms with E-state index in [4.69, 9.17) is 9.84 Å². The van der Waals surface area contributed by atoms with Crippen molar-refractivity contribution in [1.29, 1.82) is 0 Å². The van der Waals surface area contributed by atoms with Gasteiger partial charge in [-0.2, -0.15) is 11.5 Å². The molecule has 0 unspecified atom stereocenters. The minimum Gasteiger partial charge on any atom is -0.493 e. The third-order valence-electron chi connectivity index (χ3n) is 8.98. The van der Waals surface area contributed by atoms with E-state index in [2.05, 4.69) is 29.5 Å². The fourth-order valence-corrected chi connectivity index (χ4v) is 6.47. The number of hydrogen-bond acceptors (Lipinski definition) is 6. The van der Waals surface area contributed by atoms with E-state index in [1.54, 1.807) is 35.1 Å². The van der Waals surface area contributed by atoms with Crippen molar-refractivity contribution in [3.05, 3.63) is 149 Å². The fourth-order valence-electron chi connectivity index (χ4n) is 6.47. The van der Waals surface area contributed by atoms with Crippen LogP contribution in [-0.2, 0) is 11.2 Å². The molecule has 1 radical (unpaired) electrons. The zero-order valence-electron chi connectivity index (χ0n) is 30.8. The van der Waals surface area contributed by atoms with Crippen molar-refractivity contribution in [2.24, 2.45) is 0 Å². The molecule has 0 bridgehead atoms. The molecule has 0 fully saturated rings. The van der Waals surface area contributed by atoms with Gasteiger partial charge in [-0.1, -0.05) is 55.8 Å². The van der Waals surface area contributed by atoms with Crippen molar-refractivity contribution in [1.82, 2.24) is 14.9 Å². The summed E-state index contributed by atoms with van der Waals surface area (Å²) in [5.74, 6) is -0.348. The summed E-state index contributed by atoms with van der Waals surface area (Å²) in [4.78, 5) is 35.3. The minimum absolute atomic E-state index is 0. The first-order valence-electron chi connectivity index (χ1n) is 17.7. The molecule has 0 atom stereocenters. The molecule has 279 valence electrons. The number of aliphatic hydroxyl groups excluding tert-OH is 1. The summed E-state index contributed by atoms with van der Waals surface area (Å²) < 4.78 is 7.83. The molecule has 0 spiro atoms. The Morgan fingerprint density at radius 3 is 2.30 bits per heavy atom. The molecule has 0 aliphatic heterocycles. The quantitative estimate of drug-likeness (QED) is 0.0737. The number of aryl methyl sites for hydroxylation is 3. The summed E-state index contributed by atoms with van der Waals surface area (Å²) in [6, 6.07) is 30.4. The first-order chi connectivity index (χ1) is 25.6. The number of aromatic carboxylic acids is 1. The number of carboxylic acid groups (broad SMARTS) is 1. The van der Waals surface area contributed by atoms with E-state index in [-0.39, 0.29) is 47.6 Å². The second-order valence-electron chi connectivity index (χ2n) is 12.8. The van der Waals surface area contributed by atoms with Gasteiger partial charge in [0.15, 0.2) is 5.69 Å². The number of nitrogens with zero attached hydrogens (tertiary/aromatic N) is 2. The molecule has 6 rings (SSSR count). The number of carbonyl (C=O) groups is 2. The molecule has 0 saturated carbocycles. The van der Waals surface area contributed by atoms with Crippen LogP contribution in [0.3, 0.4) is 0 Å². The molecule has 0 aliphatic rings. The maximum atomic E-state index is 12.8. The number of pyridine rings is 1. The normalized spacial score (nSPS) is 10.6. The van der Waals surface area contributed by atoms with Crippen molar-refractivity contribution in [3.8, 4) is 17.0 Å². The van der Waals surface area contributed by atoms with E-state index in [9.17, 15) is 19.5 Å². The van der Waals surface area contributed by atoms with Crippen LogP contribution in [0, 0.1) is 56.8 Å². The number of unbranched alkanes of at least 4 members (excludes halogenated alkanes) is 2. The molecule has 9 nitrogen and oxygen atoms in total. The Hall–Kier alpha value is -4.92. The largest absolute Gasteiger partial charge is 0.493 e. The number of nitrogens with one attached hydrogen (secondary N) is 1. The maximum Gasteiger partial charge on any atom is 0.356 e. The monoisotopic (exact) mass is 946 g/mol. The Morgan fingerprint density at radius 1 is 0.926 bits per heavy atom. The number of aliphatic hydroxyl groups is 1. The fraction of sp³-hybridized carbons (Fsp3) is 0.227. The topological polar surface area (TPSA) is 130 Å². The average Bonchev–Trinajstić information content (AvgIpc) is 3.54. The van der Waals surface area contributed by atoms with Crippen molar-refractivity contribution in [3.63, 3.8) is 0 Å². The Labute approximate surface area is 339 Å². The van der Waals surface area contributed by atoms with Crippen LogP contribution in [-0.4, -0.2) is 51.1 Å². The number of amides is 1. The van der Waals surface area contributed by atoms with E-state index in [1.807, 2.05) is 74.5 Å². The summed E-state index contributed by atoms with van der Waals surface area (Å²) in [6.07, 6.45) is 5.75. The molecule has 6 aromatic rings. The van der Waals surface area contributed by atoms with Gasteiger partial charge in [0, 0.05) is 58.6 Å². The van der Waals surface area contributed by atoms with Gasteiger partial charge in [-0.15, -0.1) is 18.2 Å². The van der Waals surface area contributed by atoms with Crippen LogP contribution in [0.25, 0.3) is 27.5 Å². The van der Waals surface area contributed by atoms with E-state index >= 15 is 0 Å². The third kappa shape index (κ3) is 9.98. The predicted molar refractivity (Wildman–Crippen MR) is 208 cm³/mol. The van der Waals surface area contributed by atoms with Crippen LogP contribution < -0.4 is 10.1 Å². The van der Waals surface area contributed by atoms with Crippen LogP contribution in [0.2, 0.25) is 0 Å². The van der Waals surface area contributed by atoms with Gasteiger partial charge in [0.2, 0.25) is 0 Å². The number of rotatable bonds is 14. The molecular weight excluding hydrogens is 903 g/mol. The van der Waals surface area contributed by atoms with Gasteiger partial charge in [-0.3, -0.25) is 15.9 Å². The van der Waals surface area contributed by atoms with Crippen LogP contribution in [0.1, 0.15) is 81.3 Å². The van der Waals surface area contributed by atoms with E-state index in [0.717, 1.165) is 63.7 Å². The zero-order chi connectivity index (χ0) is 37.9. The minimum atomic E-state index is -1.06. The van der Waals surface area contributed by atoms with Gasteiger partial charge in [-0.25, -0.2) is 21.4 Å². The molecule has 0 saturated heterocycles. The van der Waals surface area contributed by atoms with Gasteiger partial charge in [-0.05, 0) is 86.2 Å². The molecule has 2 aromatic heterocycles. The van der Waals surface area contributed by atoms with Crippen LogP contribution in [0.15, 0.2) is 97.1 Å². The van der Waals surface area contributed by atoms with E-state index in [1.165, 1.54) is 6.92 Å². The van der Waals surface area contributed by atoms with E-state index < -0.39 is 5.97 Å². The first-order valence-corrected chi connectivity index (χ1v) is 17.7. The molecule has 10 heteroatoms.